The molecule has 4 aliphatic rings. The van der Waals surface area contributed by atoms with Crippen molar-refractivity contribution < 1.29 is 33.8 Å². The summed E-state index contributed by atoms with van der Waals surface area (Å²) in [6, 6.07) is 0. The van der Waals surface area contributed by atoms with E-state index < -0.39 is 41.3 Å². The molecule has 2 unspecified atom stereocenters. The van der Waals surface area contributed by atoms with Crippen molar-refractivity contribution in [3.8, 4) is 0 Å². The Morgan fingerprint density at radius 1 is 1.24 bits per heavy atom. The first kappa shape index (κ1) is 25.1. The van der Waals surface area contributed by atoms with E-state index in [9.17, 15) is 19.5 Å². The normalized spacial score (nSPS) is 46.1. The Kier molecular flexibility index (Phi) is 6.59. The second-order valence-corrected chi connectivity index (χ2v) is 11.3. The Morgan fingerprint density at radius 2 is 1.94 bits per heavy atom. The SMILES string of the molecule is C=C[C@]1(C)C[C@@H](OC(=O)NC(=O)OC2CNOC2)[C@@]2(C)C(C)CC[C@]3(CCC(=O)[C@H]32)[C@@H](C)[C@@H]1O. The number of aliphatic hydroxyl groups excluding tert-OH is 1. The minimum absolute atomic E-state index is 0.106. The van der Waals surface area contributed by atoms with Crippen LogP contribution in [0.15, 0.2) is 12.7 Å². The molecule has 1 aliphatic heterocycles. The van der Waals surface area contributed by atoms with Gasteiger partial charge in [-0.3, -0.25) is 9.63 Å². The Morgan fingerprint density at radius 3 is 2.59 bits per heavy atom. The number of ketones is 1. The van der Waals surface area contributed by atoms with Gasteiger partial charge in [0.15, 0.2) is 0 Å². The van der Waals surface area contributed by atoms with E-state index in [1.54, 1.807) is 6.08 Å². The molecule has 1 heterocycles. The van der Waals surface area contributed by atoms with Gasteiger partial charge in [-0.1, -0.05) is 33.8 Å². The van der Waals surface area contributed by atoms with Gasteiger partial charge in [0, 0.05) is 23.2 Å². The molecule has 0 spiro atoms. The van der Waals surface area contributed by atoms with Crippen LogP contribution in [0.4, 0.5) is 9.59 Å². The Balaban J connectivity index is 1.65. The van der Waals surface area contributed by atoms with E-state index in [1.807, 2.05) is 13.8 Å². The van der Waals surface area contributed by atoms with Gasteiger partial charge in [-0.05, 0) is 42.9 Å². The van der Waals surface area contributed by atoms with Crippen LogP contribution in [0.2, 0.25) is 0 Å². The van der Waals surface area contributed by atoms with Crippen molar-refractivity contribution in [3.05, 3.63) is 12.7 Å². The lowest BCUT2D eigenvalue weighted by molar-refractivity contribution is -0.191. The van der Waals surface area contributed by atoms with Gasteiger partial charge in [-0.2, -0.15) is 5.48 Å². The maximum absolute atomic E-state index is 13.4. The lowest BCUT2D eigenvalue weighted by Gasteiger charge is -2.61. The van der Waals surface area contributed by atoms with Crippen LogP contribution in [0, 0.1) is 34.0 Å². The van der Waals surface area contributed by atoms with Gasteiger partial charge in [-0.25, -0.2) is 14.9 Å². The van der Waals surface area contributed by atoms with E-state index in [-0.39, 0.29) is 35.6 Å². The van der Waals surface area contributed by atoms with E-state index in [2.05, 4.69) is 31.2 Å². The number of aliphatic hydroxyl groups is 1. The molecule has 0 aromatic heterocycles. The first-order chi connectivity index (χ1) is 16.0. The van der Waals surface area contributed by atoms with Crippen molar-refractivity contribution in [2.75, 3.05) is 13.2 Å². The van der Waals surface area contributed by atoms with E-state index in [1.165, 1.54) is 0 Å². The largest absolute Gasteiger partial charge is 0.445 e. The molecule has 4 rings (SSSR count). The van der Waals surface area contributed by atoms with E-state index in [0.717, 1.165) is 19.3 Å². The van der Waals surface area contributed by atoms with Crippen LogP contribution in [-0.2, 0) is 19.1 Å². The van der Waals surface area contributed by atoms with Gasteiger partial charge in [0.2, 0.25) is 0 Å². The number of hydroxylamine groups is 1. The second-order valence-electron chi connectivity index (χ2n) is 11.3. The van der Waals surface area contributed by atoms with Gasteiger partial charge in [0.1, 0.15) is 24.6 Å². The summed E-state index contributed by atoms with van der Waals surface area (Å²) in [7, 11) is 0. The van der Waals surface area contributed by atoms with Gasteiger partial charge in [0.05, 0.1) is 12.6 Å². The van der Waals surface area contributed by atoms with Gasteiger partial charge in [0.25, 0.3) is 0 Å². The number of carbonyl (C=O) groups is 3. The van der Waals surface area contributed by atoms with E-state index in [4.69, 9.17) is 14.3 Å². The van der Waals surface area contributed by atoms with Crippen LogP contribution in [0.3, 0.4) is 0 Å². The maximum atomic E-state index is 13.4. The highest BCUT2D eigenvalue weighted by atomic mass is 16.7. The molecule has 2 bridgehead atoms. The fraction of sp³-hybridized carbons (Fsp3) is 0.800. The summed E-state index contributed by atoms with van der Waals surface area (Å²) in [5.74, 6) is -0.145. The van der Waals surface area contributed by atoms with Crippen molar-refractivity contribution >= 4 is 18.0 Å². The molecule has 3 aliphatic carbocycles. The number of alkyl carbamates (subject to hydrolysis) is 2. The molecular weight excluding hydrogens is 440 g/mol. The van der Waals surface area contributed by atoms with Gasteiger partial charge in [-0.15, -0.1) is 6.58 Å². The topological polar surface area (TPSA) is 123 Å². The fourth-order valence-corrected chi connectivity index (χ4v) is 7.36. The molecule has 3 saturated carbocycles. The summed E-state index contributed by atoms with van der Waals surface area (Å²) >= 11 is 0. The Bertz CT molecular complexity index is 858. The zero-order valence-corrected chi connectivity index (χ0v) is 20.6. The van der Waals surface area contributed by atoms with Crippen LogP contribution >= 0.6 is 0 Å². The highest BCUT2D eigenvalue weighted by molar-refractivity contribution is 5.88. The van der Waals surface area contributed by atoms with E-state index >= 15 is 0 Å². The number of hydrogen-bond donors (Lipinski definition) is 3. The summed E-state index contributed by atoms with van der Waals surface area (Å²) in [4.78, 5) is 43.4. The van der Waals surface area contributed by atoms with Crippen molar-refractivity contribution in [2.24, 2.45) is 34.0 Å². The number of carbonyl (C=O) groups excluding carboxylic acids is 3. The third-order valence-corrected chi connectivity index (χ3v) is 9.71. The summed E-state index contributed by atoms with van der Waals surface area (Å²) in [5.41, 5.74) is 0.873. The van der Waals surface area contributed by atoms with Gasteiger partial charge >= 0.3 is 12.2 Å². The summed E-state index contributed by atoms with van der Waals surface area (Å²) in [6.45, 7) is 12.7. The average Bonchev–Trinajstić information content (AvgIpc) is 3.42. The van der Waals surface area contributed by atoms with Gasteiger partial charge < -0.3 is 14.6 Å². The molecule has 0 radical (unpaired) electrons. The molecule has 3 N–H and O–H groups in total. The minimum Gasteiger partial charge on any atom is -0.445 e. The molecule has 0 aromatic carbocycles. The van der Waals surface area contributed by atoms with Crippen molar-refractivity contribution in [1.82, 2.24) is 10.8 Å². The van der Waals surface area contributed by atoms with Crippen LogP contribution < -0.4 is 10.8 Å². The zero-order valence-electron chi connectivity index (χ0n) is 20.6. The fourth-order valence-electron chi connectivity index (χ4n) is 7.36. The van der Waals surface area contributed by atoms with Crippen LogP contribution in [0.25, 0.3) is 0 Å². The maximum Gasteiger partial charge on any atom is 0.417 e. The quantitative estimate of drug-likeness (QED) is 0.529. The minimum atomic E-state index is -0.925. The molecule has 34 heavy (non-hydrogen) atoms. The molecule has 2 amide bonds. The van der Waals surface area contributed by atoms with Crippen molar-refractivity contribution in [2.45, 2.75) is 78.1 Å². The van der Waals surface area contributed by atoms with Crippen molar-refractivity contribution in [1.29, 1.82) is 0 Å². The number of hydrogen-bond acceptors (Lipinski definition) is 8. The lowest BCUT2D eigenvalue weighted by Crippen LogP contribution is -2.63. The standard InChI is InChI=1S/C25H38N2O7/c1-6-23(4)11-18(34-22(31)27-21(30)33-16-12-26-32-13-16)24(5)14(2)7-9-25(15(3)20(23)29)10-8-17(28)19(24)25/h6,14-16,18-20,26,29H,1,7-13H2,2-5H3,(H,27,30,31)/t14?,15-,16?,18+,19-,20-,23+,24+,25-/m0/s1. The number of imide groups is 1. The number of ether oxygens (including phenoxy) is 2. The number of rotatable bonds is 3. The molecule has 1 saturated heterocycles. The molecule has 9 nitrogen and oxygen atoms in total. The smallest absolute Gasteiger partial charge is 0.417 e. The molecular formula is C25H38N2O7. The molecule has 4 fully saturated rings. The summed E-state index contributed by atoms with van der Waals surface area (Å²) in [5, 5.41) is 13.7. The van der Waals surface area contributed by atoms with Crippen LogP contribution in [-0.4, -0.2) is 54.5 Å². The molecule has 9 atom stereocenters. The zero-order chi connectivity index (χ0) is 24.9. The third kappa shape index (κ3) is 3.85. The molecule has 190 valence electrons. The summed E-state index contributed by atoms with van der Waals surface area (Å²) < 4.78 is 11.1. The van der Waals surface area contributed by atoms with Crippen LogP contribution in [0.5, 0.6) is 0 Å². The van der Waals surface area contributed by atoms with Crippen molar-refractivity contribution in [3.63, 3.8) is 0 Å². The number of Topliss-reactive ketones (excluding diaryl/α,β-unsaturated/α-hetero) is 1. The molecule has 9 heteroatoms. The highest BCUT2D eigenvalue weighted by Crippen LogP contribution is 2.67. The predicted octanol–water partition coefficient (Wildman–Crippen LogP) is 3.12. The first-order valence-corrected chi connectivity index (χ1v) is 12.3. The molecule has 0 aromatic rings. The monoisotopic (exact) mass is 478 g/mol. The Hall–Kier alpha value is -1.97. The number of amides is 2. The van der Waals surface area contributed by atoms with Crippen LogP contribution in [0.1, 0.15) is 59.8 Å². The number of nitrogens with one attached hydrogen (secondary N) is 2. The third-order valence-electron chi connectivity index (χ3n) is 9.71. The summed E-state index contributed by atoms with van der Waals surface area (Å²) in [6.07, 6.45) is 1.18. The first-order valence-electron chi connectivity index (χ1n) is 12.3. The van der Waals surface area contributed by atoms with E-state index in [0.29, 0.717) is 19.4 Å². The predicted molar refractivity (Wildman–Crippen MR) is 122 cm³/mol. The highest BCUT2D eigenvalue weighted by Gasteiger charge is 2.68. The average molecular weight is 479 g/mol. The Labute approximate surface area is 200 Å². The lowest BCUT2D eigenvalue weighted by atomic mass is 9.44. The second kappa shape index (κ2) is 8.91.